The molecule has 0 unspecified atom stereocenters. The largest absolute Gasteiger partial charge is 0.355 e. The van der Waals surface area contributed by atoms with E-state index in [1.54, 1.807) is 0 Å². The van der Waals surface area contributed by atoms with E-state index in [1.807, 2.05) is 0 Å². The molecule has 0 aliphatic heterocycles. The van der Waals surface area contributed by atoms with E-state index in [0.29, 0.717) is 0 Å². The van der Waals surface area contributed by atoms with E-state index < -0.39 is 0 Å². The lowest BCUT2D eigenvalue weighted by Gasteiger charge is -2.33. The molecule has 0 fully saturated rings. The van der Waals surface area contributed by atoms with E-state index in [2.05, 4.69) is 126 Å². The van der Waals surface area contributed by atoms with E-state index >= 15 is 0 Å². The van der Waals surface area contributed by atoms with Crippen LogP contribution in [0, 0.1) is 0 Å². The Balaban J connectivity index is 1.63. The molecule has 1 aromatic heterocycles. The van der Waals surface area contributed by atoms with Gasteiger partial charge in [0.2, 0.25) is 0 Å². The molecule has 1 aliphatic rings. The van der Waals surface area contributed by atoms with E-state index in [0.717, 1.165) is 0 Å². The van der Waals surface area contributed by atoms with Crippen LogP contribution >= 0.6 is 0 Å². The second kappa shape index (κ2) is 6.45. The van der Waals surface area contributed by atoms with Crippen LogP contribution in [0.1, 0.15) is 22.3 Å². The van der Waals surface area contributed by atoms with Gasteiger partial charge < -0.3 is 4.98 Å². The van der Waals surface area contributed by atoms with E-state index in [9.17, 15) is 0 Å². The molecule has 1 nitrogen and oxygen atoms in total. The Morgan fingerprint density at radius 2 is 1.03 bits per heavy atom. The van der Waals surface area contributed by atoms with Gasteiger partial charge in [-0.1, -0.05) is 109 Å². The molecular formula is C31H21N. The maximum absolute atomic E-state index is 3.66. The Kier molecular flexibility index (Phi) is 3.54. The SMILES string of the molecule is c1ccc(C2(c3ccc4c(c3)[nH]c3ccccc34)c3ccccc3-c3ccccc32)cc1. The summed E-state index contributed by atoms with van der Waals surface area (Å²) < 4.78 is 0. The highest BCUT2D eigenvalue weighted by Crippen LogP contribution is 2.56. The lowest BCUT2D eigenvalue weighted by molar-refractivity contribution is 0.770. The highest BCUT2D eigenvalue weighted by atomic mass is 14.7. The van der Waals surface area contributed by atoms with Crippen molar-refractivity contribution in [2.75, 3.05) is 0 Å². The molecule has 0 bridgehead atoms. The predicted molar refractivity (Wildman–Crippen MR) is 133 cm³/mol. The molecule has 150 valence electrons. The molecule has 0 atom stereocenters. The van der Waals surface area contributed by atoms with Crippen molar-refractivity contribution < 1.29 is 0 Å². The van der Waals surface area contributed by atoms with Crippen molar-refractivity contribution in [3.63, 3.8) is 0 Å². The van der Waals surface area contributed by atoms with Gasteiger partial charge in [-0.25, -0.2) is 0 Å². The zero-order valence-corrected chi connectivity index (χ0v) is 17.5. The molecule has 1 N–H and O–H groups in total. The minimum Gasteiger partial charge on any atom is -0.355 e. The summed E-state index contributed by atoms with van der Waals surface area (Å²) in [5.41, 5.74) is 9.95. The van der Waals surface area contributed by atoms with Crippen LogP contribution in [-0.4, -0.2) is 4.98 Å². The van der Waals surface area contributed by atoms with Crippen LogP contribution in [0.15, 0.2) is 121 Å². The van der Waals surface area contributed by atoms with Crippen LogP contribution in [0.5, 0.6) is 0 Å². The molecule has 0 saturated carbocycles. The Labute approximate surface area is 187 Å². The number of nitrogens with one attached hydrogen (secondary N) is 1. The Morgan fingerprint density at radius 3 is 1.78 bits per heavy atom. The van der Waals surface area contributed by atoms with Gasteiger partial charge in [-0.3, -0.25) is 0 Å². The summed E-state index contributed by atoms with van der Waals surface area (Å²) in [5, 5.41) is 2.54. The van der Waals surface area contributed by atoms with Crippen LogP contribution in [0.4, 0.5) is 0 Å². The molecule has 7 rings (SSSR count). The van der Waals surface area contributed by atoms with Gasteiger partial charge in [0.15, 0.2) is 0 Å². The number of para-hydroxylation sites is 1. The van der Waals surface area contributed by atoms with E-state index in [1.165, 1.54) is 55.2 Å². The molecule has 1 heteroatoms. The highest BCUT2D eigenvalue weighted by Gasteiger charge is 2.45. The van der Waals surface area contributed by atoms with Crippen LogP contribution in [0.3, 0.4) is 0 Å². The second-order valence-electron chi connectivity index (χ2n) is 8.64. The third kappa shape index (κ3) is 2.18. The van der Waals surface area contributed by atoms with E-state index in [4.69, 9.17) is 0 Å². The van der Waals surface area contributed by atoms with Gasteiger partial charge in [-0.15, -0.1) is 0 Å². The number of aromatic nitrogens is 1. The molecule has 0 amide bonds. The van der Waals surface area contributed by atoms with Crippen molar-refractivity contribution in [3.8, 4) is 11.1 Å². The third-order valence-corrected chi connectivity index (χ3v) is 7.10. The lowest BCUT2D eigenvalue weighted by atomic mass is 9.67. The maximum Gasteiger partial charge on any atom is 0.0714 e. The quantitative estimate of drug-likeness (QED) is 0.302. The topological polar surface area (TPSA) is 15.8 Å². The number of hydrogen-bond donors (Lipinski definition) is 1. The lowest BCUT2D eigenvalue weighted by Crippen LogP contribution is -2.28. The van der Waals surface area contributed by atoms with Crippen molar-refractivity contribution >= 4 is 21.8 Å². The molecule has 1 heterocycles. The summed E-state index contributed by atoms with van der Waals surface area (Å²) in [7, 11) is 0. The normalized spacial score (nSPS) is 13.9. The standard InChI is InChI=1S/C31H21N/c1-2-10-21(11-3-1)31(27-15-7-4-12-23(27)24-13-5-8-16-28(24)31)22-18-19-26-25-14-6-9-17-29(25)32-30(26)20-22/h1-20,32H. The number of hydrogen-bond acceptors (Lipinski definition) is 0. The van der Waals surface area contributed by atoms with Gasteiger partial charge in [0.05, 0.1) is 5.41 Å². The van der Waals surface area contributed by atoms with Crippen molar-refractivity contribution in [1.29, 1.82) is 0 Å². The first-order valence-corrected chi connectivity index (χ1v) is 11.1. The zero-order valence-electron chi connectivity index (χ0n) is 17.5. The average molecular weight is 408 g/mol. The fourth-order valence-corrected chi connectivity index (χ4v) is 5.80. The predicted octanol–water partition coefficient (Wildman–Crippen LogP) is 7.68. The smallest absolute Gasteiger partial charge is 0.0714 e. The first-order chi connectivity index (χ1) is 15.9. The van der Waals surface area contributed by atoms with Gasteiger partial charge in [-0.05, 0) is 45.5 Å². The molecule has 0 spiro atoms. The number of H-pyrrole nitrogens is 1. The molecule has 0 saturated heterocycles. The van der Waals surface area contributed by atoms with Gasteiger partial charge in [0.25, 0.3) is 0 Å². The maximum atomic E-state index is 3.66. The Hall–Kier alpha value is -4.10. The first kappa shape index (κ1) is 17.6. The summed E-state index contributed by atoms with van der Waals surface area (Å²) in [6, 6.07) is 44.3. The number of fused-ring (bicyclic) bond motifs is 6. The minimum absolute atomic E-state index is 0.347. The van der Waals surface area contributed by atoms with Crippen LogP contribution in [0.2, 0.25) is 0 Å². The van der Waals surface area contributed by atoms with Gasteiger partial charge in [0, 0.05) is 21.8 Å². The Morgan fingerprint density at radius 1 is 0.438 bits per heavy atom. The minimum atomic E-state index is -0.347. The molecule has 6 aromatic rings. The van der Waals surface area contributed by atoms with Gasteiger partial charge >= 0.3 is 0 Å². The van der Waals surface area contributed by atoms with Crippen LogP contribution in [0.25, 0.3) is 32.9 Å². The fraction of sp³-hybridized carbons (Fsp3) is 0.0323. The van der Waals surface area contributed by atoms with Crippen molar-refractivity contribution in [2.45, 2.75) is 5.41 Å². The molecular weight excluding hydrogens is 386 g/mol. The molecule has 32 heavy (non-hydrogen) atoms. The van der Waals surface area contributed by atoms with E-state index in [-0.39, 0.29) is 5.41 Å². The summed E-state index contributed by atoms with van der Waals surface area (Å²) in [5.74, 6) is 0. The summed E-state index contributed by atoms with van der Waals surface area (Å²) in [6.07, 6.45) is 0. The number of aromatic amines is 1. The zero-order chi connectivity index (χ0) is 21.1. The highest BCUT2D eigenvalue weighted by molar-refractivity contribution is 6.07. The first-order valence-electron chi connectivity index (χ1n) is 11.1. The van der Waals surface area contributed by atoms with Gasteiger partial charge in [-0.2, -0.15) is 0 Å². The van der Waals surface area contributed by atoms with Crippen LogP contribution in [-0.2, 0) is 5.41 Å². The van der Waals surface area contributed by atoms with Gasteiger partial charge in [0.1, 0.15) is 0 Å². The molecule has 0 radical (unpaired) electrons. The fourth-order valence-electron chi connectivity index (χ4n) is 5.80. The monoisotopic (exact) mass is 407 g/mol. The number of rotatable bonds is 2. The second-order valence-corrected chi connectivity index (χ2v) is 8.64. The molecule has 5 aromatic carbocycles. The van der Waals surface area contributed by atoms with Crippen molar-refractivity contribution in [3.05, 3.63) is 144 Å². The van der Waals surface area contributed by atoms with Crippen LogP contribution < -0.4 is 0 Å². The molecule has 1 aliphatic carbocycles. The summed E-state index contributed by atoms with van der Waals surface area (Å²) >= 11 is 0. The third-order valence-electron chi connectivity index (χ3n) is 7.10. The van der Waals surface area contributed by atoms with Crippen molar-refractivity contribution in [2.24, 2.45) is 0 Å². The Bertz CT molecular complexity index is 1580. The summed E-state index contributed by atoms with van der Waals surface area (Å²) in [6.45, 7) is 0. The summed E-state index contributed by atoms with van der Waals surface area (Å²) in [4.78, 5) is 3.66. The van der Waals surface area contributed by atoms with Crippen molar-refractivity contribution in [1.82, 2.24) is 4.98 Å². The number of benzene rings is 5. The average Bonchev–Trinajstić information content (AvgIpc) is 3.38.